The fourth-order valence-corrected chi connectivity index (χ4v) is 1.57. The number of benzene rings is 1. The van der Waals surface area contributed by atoms with Gasteiger partial charge in [-0.05, 0) is 38.3 Å². The number of phenolic OH excluding ortho intramolecular Hbond substituents is 1. The first kappa shape index (κ1) is 13.4. The van der Waals surface area contributed by atoms with E-state index >= 15 is 0 Å². The average molecular weight is 236 g/mol. The van der Waals surface area contributed by atoms with Crippen LogP contribution in [0.1, 0.15) is 25.8 Å². The molecule has 0 fully saturated rings. The fraction of sp³-hybridized carbons (Fsp3) is 0.429. The monoisotopic (exact) mass is 236 g/mol. The van der Waals surface area contributed by atoms with E-state index in [0.717, 1.165) is 24.0 Å². The zero-order valence-corrected chi connectivity index (χ0v) is 10.7. The zero-order chi connectivity index (χ0) is 12.8. The molecule has 0 aromatic heterocycles. The van der Waals surface area contributed by atoms with Crippen LogP contribution in [0.25, 0.3) is 0 Å². The van der Waals surface area contributed by atoms with Crippen molar-refractivity contribution in [3.63, 3.8) is 0 Å². The predicted molar refractivity (Wildman–Crippen MR) is 69.0 cm³/mol. The normalized spacial score (nSPS) is 10.1. The molecule has 1 aromatic carbocycles. The number of phenols is 1. The Morgan fingerprint density at radius 2 is 2.06 bits per heavy atom. The van der Waals surface area contributed by atoms with E-state index in [2.05, 4.69) is 6.58 Å². The highest BCUT2D eigenvalue weighted by atomic mass is 16.5. The lowest BCUT2D eigenvalue weighted by molar-refractivity contribution is 0.308. The number of hydrogen-bond acceptors (Lipinski definition) is 3. The molecule has 0 aliphatic heterocycles. The molecule has 94 valence electrons. The average Bonchev–Trinajstić information content (AvgIpc) is 2.28. The van der Waals surface area contributed by atoms with Crippen molar-refractivity contribution in [2.75, 3.05) is 13.7 Å². The van der Waals surface area contributed by atoms with Crippen molar-refractivity contribution in [1.29, 1.82) is 0 Å². The van der Waals surface area contributed by atoms with Gasteiger partial charge in [-0.3, -0.25) is 0 Å². The van der Waals surface area contributed by atoms with Gasteiger partial charge in [0.15, 0.2) is 11.5 Å². The van der Waals surface area contributed by atoms with Crippen molar-refractivity contribution in [3.05, 3.63) is 29.8 Å². The quantitative estimate of drug-likeness (QED) is 0.770. The van der Waals surface area contributed by atoms with E-state index in [1.165, 1.54) is 0 Å². The Labute approximate surface area is 103 Å². The second kappa shape index (κ2) is 6.18. The number of allylic oxidation sites excluding steroid dienone is 1. The second-order valence-electron chi connectivity index (χ2n) is 4.02. The highest BCUT2D eigenvalue weighted by molar-refractivity contribution is 5.50. The minimum absolute atomic E-state index is 0.246. The number of aryl methyl sites for hydroxylation is 1. The summed E-state index contributed by atoms with van der Waals surface area (Å²) in [6.07, 6.45) is 1.61. The van der Waals surface area contributed by atoms with Crippen LogP contribution in [0, 0.1) is 0 Å². The highest BCUT2D eigenvalue weighted by Gasteiger charge is 2.10. The summed E-state index contributed by atoms with van der Waals surface area (Å²) >= 11 is 0. The van der Waals surface area contributed by atoms with Crippen LogP contribution in [0.5, 0.6) is 17.2 Å². The van der Waals surface area contributed by atoms with E-state index in [1.807, 2.05) is 19.9 Å². The van der Waals surface area contributed by atoms with Gasteiger partial charge in [0, 0.05) is 6.07 Å². The third-order valence-corrected chi connectivity index (χ3v) is 2.49. The Morgan fingerprint density at radius 1 is 1.35 bits per heavy atom. The standard InChI is InChI=1S/C14H20O3/c1-5-17-14-9-12(15)11(7-6-10(2)3)8-13(14)16-4/h8-9,15H,2,5-7H2,1,3-4H3. The van der Waals surface area contributed by atoms with Crippen LogP contribution in [-0.2, 0) is 6.42 Å². The summed E-state index contributed by atoms with van der Waals surface area (Å²) in [5.74, 6) is 1.48. The molecule has 0 saturated heterocycles. The van der Waals surface area contributed by atoms with E-state index in [0.29, 0.717) is 18.1 Å². The van der Waals surface area contributed by atoms with Crippen molar-refractivity contribution < 1.29 is 14.6 Å². The first-order valence-corrected chi connectivity index (χ1v) is 5.75. The van der Waals surface area contributed by atoms with E-state index in [-0.39, 0.29) is 5.75 Å². The van der Waals surface area contributed by atoms with E-state index < -0.39 is 0 Å². The van der Waals surface area contributed by atoms with Gasteiger partial charge in [0.05, 0.1) is 13.7 Å². The van der Waals surface area contributed by atoms with Crippen molar-refractivity contribution >= 4 is 0 Å². The lowest BCUT2D eigenvalue weighted by atomic mass is 10.0. The molecule has 0 aliphatic rings. The van der Waals surface area contributed by atoms with E-state index in [1.54, 1.807) is 13.2 Å². The van der Waals surface area contributed by atoms with E-state index in [4.69, 9.17) is 9.47 Å². The molecule has 0 aliphatic carbocycles. The van der Waals surface area contributed by atoms with Gasteiger partial charge in [-0.2, -0.15) is 0 Å². The van der Waals surface area contributed by atoms with Gasteiger partial charge >= 0.3 is 0 Å². The number of hydrogen-bond donors (Lipinski definition) is 1. The molecule has 0 unspecified atom stereocenters. The summed E-state index contributed by atoms with van der Waals surface area (Å²) in [7, 11) is 1.59. The molecule has 3 heteroatoms. The highest BCUT2D eigenvalue weighted by Crippen LogP contribution is 2.35. The SMILES string of the molecule is C=C(C)CCc1cc(OC)c(OCC)cc1O. The minimum Gasteiger partial charge on any atom is -0.508 e. The maximum atomic E-state index is 9.89. The fourth-order valence-electron chi connectivity index (χ4n) is 1.57. The minimum atomic E-state index is 0.246. The Hall–Kier alpha value is -1.64. The lowest BCUT2D eigenvalue weighted by Crippen LogP contribution is -1.97. The van der Waals surface area contributed by atoms with Crippen LogP contribution in [0.2, 0.25) is 0 Å². The van der Waals surface area contributed by atoms with Crippen LogP contribution < -0.4 is 9.47 Å². The Bertz CT molecular complexity index is 397. The van der Waals surface area contributed by atoms with Crippen molar-refractivity contribution in [3.8, 4) is 17.2 Å². The summed E-state index contributed by atoms with van der Waals surface area (Å²) in [4.78, 5) is 0. The van der Waals surface area contributed by atoms with Gasteiger partial charge in [0.1, 0.15) is 5.75 Å². The molecular weight excluding hydrogens is 216 g/mol. The van der Waals surface area contributed by atoms with E-state index in [9.17, 15) is 5.11 Å². The summed E-state index contributed by atoms with van der Waals surface area (Å²) in [6, 6.07) is 3.43. The van der Waals surface area contributed by atoms with Crippen molar-refractivity contribution in [1.82, 2.24) is 0 Å². The third-order valence-electron chi connectivity index (χ3n) is 2.49. The maximum Gasteiger partial charge on any atom is 0.164 e. The van der Waals surface area contributed by atoms with Gasteiger partial charge < -0.3 is 14.6 Å². The first-order valence-electron chi connectivity index (χ1n) is 5.75. The molecule has 0 heterocycles. The topological polar surface area (TPSA) is 38.7 Å². The van der Waals surface area contributed by atoms with Crippen LogP contribution in [0.4, 0.5) is 0 Å². The third kappa shape index (κ3) is 3.70. The molecule has 1 aromatic rings. The van der Waals surface area contributed by atoms with Crippen LogP contribution in [-0.4, -0.2) is 18.8 Å². The number of rotatable bonds is 6. The Balaban J connectivity index is 2.95. The predicted octanol–water partition coefficient (Wildman–Crippen LogP) is 3.31. The lowest BCUT2D eigenvalue weighted by Gasteiger charge is -2.12. The van der Waals surface area contributed by atoms with Crippen LogP contribution >= 0.6 is 0 Å². The maximum absolute atomic E-state index is 9.89. The molecule has 0 amide bonds. The smallest absolute Gasteiger partial charge is 0.164 e. The van der Waals surface area contributed by atoms with Crippen molar-refractivity contribution in [2.24, 2.45) is 0 Å². The van der Waals surface area contributed by atoms with Gasteiger partial charge in [0.2, 0.25) is 0 Å². The molecule has 0 spiro atoms. The zero-order valence-electron chi connectivity index (χ0n) is 10.7. The summed E-state index contributed by atoms with van der Waals surface area (Å²) < 4.78 is 10.6. The summed E-state index contributed by atoms with van der Waals surface area (Å²) in [6.45, 7) is 8.26. The summed E-state index contributed by atoms with van der Waals surface area (Å²) in [5.41, 5.74) is 1.95. The molecule has 0 saturated carbocycles. The molecule has 1 rings (SSSR count). The number of aromatic hydroxyl groups is 1. The molecule has 1 N–H and O–H groups in total. The van der Waals surface area contributed by atoms with Crippen LogP contribution in [0.15, 0.2) is 24.3 Å². The molecule has 17 heavy (non-hydrogen) atoms. The molecule has 0 bridgehead atoms. The number of ether oxygens (including phenoxy) is 2. The molecule has 0 atom stereocenters. The Morgan fingerprint density at radius 3 is 2.59 bits per heavy atom. The molecular formula is C14H20O3. The van der Waals surface area contributed by atoms with Gasteiger partial charge in [-0.25, -0.2) is 0 Å². The van der Waals surface area contributed by atoms with Gasteiger partial charge in [-0.15, -0.1) is 6.58 Å². The van der Waals surface area contributed by atoms with Crippen LogP contribution in [0.3, 0.4) is 0 Å². The first-order chi connectivity index (χ1) is 8.08. The van der Waals surface area contributed by atoms with Crippen molar-refractivity contribution in [2.45, 2.75) is 26.7 Å². The Kier molecular flexibility index (Phi) is 4.88. The second-order valence-corrected chi connectivity index (χ2v) is 4.02. The van der Waals surface area contributed by atoms with Gasteiger partial charge in [0.25, 0.3) is 0 Å². The number of methoxy groups -OCH3 is 1. The van der Waals surface area contributed by atoms with Gasteiger partial charge in [-0.1, -0.05) is 5.57 Å². The molecule has 0 radical (unpaired) electrons. The summed E-state index contributed by atoms with van der Waals surface area (Å²) in [5, 5.41) is 9.89. The largest absolute Gasteiger partial charge is 0.508 e. The molecule has 3 nitrogen and oxygen atoms in total.